The molecule has 19 heavy (non-hydrogen) atoms. The molecule has 0 rings (SSSR count). The van der Waals surface area contributed by atoms with Gasteiger partial charge in [0.05, 0.1) is 5.75 Å². The standard InChI is InChI=1S/C14H30O3S.Na.H/c1-3-5-6-7-8-9-10-11-12-14(4-2)13-18(15,16)17;;/h14H,3-13H2,1-2H3,(H,15,16,17);;/q;+1;-1. The van der Waals surface area contributed by atoms with Crippen molar-refractivity contribution in [3.8, 4) is 0 Å². The van der Waals surface area contributed by atoms with Gasteiger partial charge in [0, 0.05) is 0 Å². The van der Waals surface area contributed by atoms with Gasteiger partial charge in [-0.15, -0.1) is 0 Å². The van der Waals surface area contributed by atoms with Crippen LogP contribution in [0.1, 0.15) is 79.5 Å². The van der Waals surface area contributed by atoms with Crippen molar-refractivity contribution in [3.05, 3.63) is 0 Å². The van der Waals surface area contributed by atoms with Gasteiger partial charge in [0.1, 0.15) is 0 Å². The summed E-state index contributed by atoms with van der Waals surface area (Å²) >= 11 is 0. The molecule has 0 heterocycles. The van der Waals surface area contributed by atoms with Crippen molar-refractivity contribution in [3.63, 3.8) is 0 Å². The second-order valence-electron chi connectivity index (χ2n) is 5.29. The first-order chi connectivity index (χ1) is 8.49. The third-order valence-corrected chi connectivity index (χ3v) is 4.38. The SMILES string of the molecule is CCCCCCCCCCC(CC)CS(=O)(=O)O.[H-].[Na+]. The fraction of sp³-hybridized carbons (Fsp3) is 1.00. The molecule has 0 radical (unpaired) electrons. The van der Waals surface area contributed by atoms with E-state index in [1.807, 2.05) is 6.92 Å². The summed E-state index contributed by atoms with van der Waals surface area (Å²) < 4.78 is 30.4. The molecule has 0 bridgehead atoms. The first-order valence-corrected chi connectivity index (χ1v) is 9.05. The molecular weight excluding hydrogens is 271 g/mol. The van der Waals surface area contributed by atoms with Crippen molar-refractivity contribution >= 4 is 10.1 Å². The predicted molar refractivity (Wildman–Crippen MR) is 78.5 cm³/mol. The first-order valence-electron chi connectivity index (χ1n) is 7.44. The van der Waals surface area contributed by atoms with Gasteiger partial charge in [-0.05, 0) is 12.3 Å². The molecule has 0 fully saturated rings. The largest absolute Gasteiger partial charge is 1.00 e. The summed E-state index contributed by atoms with van der Waals surface area (Å²) in [5.74, 6) is 0.0556. The van der Waals surface area contributed by atoms with E-state index in [2.05, 4.69) is 6.92 Å². The smallest absolute Gasteiger partial charge is 1.00 e. The van der Waals surface area contributed by atoms with E-state index in [9.17, 15) is 8.42 Å². The van der Waals surface area contributed by atoms with Crippen molar-refractivity contribution in [1.29, 1.82) is 0 Å². The predicted octanol–water partition coefficient (Wildman–Crippen LogP) is 1.55. The minimum atomic E-state index is -3.79. The average Bonchev–Trinajstić information content (AvgIpc) is 2.29. The molecule has 3 nitrogen and oxygen atoms in total. The van der Waals surface area contributed by atoms with Crippen LogP contribution in [0.25, 0.3) is 0 Å². The second-order valence-corrected chi connectivity index (χ2v) is 6.78. The molecule has 0 spiro atoms. The average molecular weight is 302 g/mol. The molecule has 0 aliphatic heterocycles. The molecule has 1 atom stereocenters. The Labute approximate surface area is 143 Å². The Kier molecular flexibility index (Phi) is 16.2. The van der Waals surface area contributed by atoms with E-state index < -0.39 is 10.1 Å². The Morgan fingerprint density at radius 2 is 1.42 bits per heavy atom. The van der Waals surface area contributed by atoms with Crippen molar-refractivity contribution in [1.82, 2.24) is 0 Å². The number of hydrogen-bond acceptors (Lipinski definition) is 2. The molecule has 0 aromatic carbocycles. The van der Waals surface area contributed by atoms with E-state index in [1.165, 1.54) is 44.9 Å². The minimum Gasteiger partial charge on any atom is -1.00 e. The molecule has 0 saturated heterocycles. The second kappa shape index (κ2) is 13.9. The van der Waals surface area contributed by atoms with Crippen LogP contribution in [0.15, 0.2) is 0 Å². The Hall–Kier alpha value is 0.910. The number of unbranched alkanes of at least 4 members (excludes halogenated alkanes) is 7. The van der Waals surface area contributed by atoms with Crippen LogP contribution in [0.5, 0.6) is 0 Å². The van der Waals surface area contributed by atoms with E-state index >= 15 is 0 Å². The van der Waals surface area contributed by atoms with Crippen LogP contribution >= 0.6 is 0 Å². The summed E-state index contributed by atoms with van der Waals surface area (Å²) in [5, 5.41) is 0. The normalized spacial score (nSPS) is 13.0. The Morgan fingerprint density at radius 3 is 1.84 bits per heavy atom. The van der Waals surface area contributed by atoms with E-state index in [4.69, 9.17) is 4.55 Å². The first kappa shape index (κ1) is 22.2. The van der Waals surface area contributed by atoms with E-state index in [0.717, 1.165) is 19.3 Å². The summed E-state index contributed by atoms with van der Waals surface area (Å²) in [7, 11) is -3.79. The van der Waals surface area contributed by atoms with Gasteiger partial charge in [-0.3, -0.25) is 4.55 Å². The Balaban J connectivity index is -0.00000144. The van der Waals surface area contributed by atoms with E-state index in [-0.39, 0.29) is 42.7 Å². The monoisotopic (exact) mass is 302 g/mol. The Morgan fingerprint density at radius 1 is 0.947 bits per heavy atom. The third kappa shape index (κ3) is 16.9. The molecule has 1 N–H and O–H groups in total. The number of rotatable bonds is 12. The number of hydrogen-bond donors (Lipinski definition) is 1. The maximum absolute atomic E-state index is 10.8. The van der Waals surface area contributed by atoms with Gasteiger partial charge in [-0.2, -0.15) is 8.42 Å². The van der Waals surface area contributed by atoms with E-state index in [1.54, 1.807) is 0 Å². The zero-order valence-electron chi connectivity index (χ0n) is 14.0. The van der Waals surface area contributed by atoms with Gasteiger partial charge in [0.2, 0.25) is 0 Å². The van der Waals surface area contributed by atoms with Gasteiger partial charge >= 0.3 is 29.6 Å². The van der Waals surface area contributed by atoms with Crippen LogP contribution in [0, 0.1) is 5.92 Å². The maximum Gasteiger partial charge on any atom is 1.00 e. The van der Waals surface area contributed by atoms with Crippen LogP contribution in [0.2, 0.25) is 0 Å². The van der Waals surface area contributed by atoms with Crippen LogP contribution in [0.3, 0.4) is 0 Å². The summed E-state index contributed by atoms with van der Waals surface area (Å²) in [6.45, 7) is 4.21. The fourth-order valence-electron chi connectivity index (χ4n) is 2.27. The topological polar surface area (TPSA) is 54.4 Å². The van der Waals surface area contributed by atoms with Gasteiger partial charge in [0.25, 0.3) is 10.1 Å². The molecule has 0 aromatic heterocycles. The molecule has 0 aromatic rings. The van der Waals surface area contributed by atoms with Crippen molar-refractivity contribution < 1.29 is 44.0 Å². The van der Waals surface area contributed by atoms with Crippen molar-refractivity contribution in [2.45, 2.75) is 78.1 Å². The van der Waals surface area contributed by atoms with Gasteiger partial charge in [0.15, 0.2) is 0 Å². The molecule has 1 unspecified atom stereocenters. The minimum absolute atomic E-state index is 0. The van der Waals surface area contributed by atoms with Crippen LogP contribution in [-0.2, 0) is 10.1 Å². The summed E-state index contributed by atoms with van der Waals surface area (Å²) in [4.78, 5) is 0. The van der Waals surface area contributed by atoms with Gasteiger partial charge in [-0.25, -0.2) is 0 Å². The summed E-state index contributed by atoms with van der Waals surface area (Å²) in [5.41, 5.74) is 0. The zero-order valence-corrected chi connectivity index (χ0v) is 15.8. The summed E-state index contributed by atoms with van der Waals surface area (Å²) in [6, 6.07) is 0. The third-order valence-electron chi connectivity index (χ3n) is 3.49. The van der Waals surface area contributed by atoms with Gasteiger partial charge < -0.3 is 1.43 Å². The van der Waals surface area contributed by atoms with Crippen molar-refractivity contribution in [2.24, 2.45) is 5.92 Å². The molecule has 0 saturated carbocycles. The van der Waals surface area contributed by atoms with Crippen molar-refractivity contribution in [2.75, 3.05) is 5.75 Å². The quantitative estimate of drug-likeness (QED) is 0.338. The molecule has 0 aliphatic carbocycles. The van der Waals surface area contributed by atoms with Gasteiger partial charge in [-0.1, -0.05) is 71.6 Å². The molecular formula is C14H31NaO3S. The Bertz CT molecular complexity index is 284. The molecule has 5 heteroatoms. The zero-order chi connectivity index (χ0) is 13.9. The van der Waals surface area contributed by atoms with Crippen LogP contribution in [-0.4, -0.2) is 18.7 Å². The summed E-state index contributed by atoms with van der Waals surface area (Å²) in [6.07, 6.45) is 11.9. The maximum atomic E-state index is 10.8. The van der Waals surface area contributed by atoms with Crippen LogP contribution in [0.4, 0.5) is 0 Å². The molecule has 112 valence electrons. The molecule has 0 amide bonds. The molecule has 0 aliphatic rings. The fourth-order valence-corrected chi connectivity index (χ4v) is 3.27. The van der Waals surface area contributed by atoms with E-state index in [0.29, 0.717) is 0 Å². The van der Waals surface area contributed by atoms with Crippen LogP contribution < -0.4 is 29.6 Å².